The zero-order valence-electron chi connectivity index (χ0n) is 26.9. The molecule has 0 saturated heterocycles. The minimum atomic E-state index is -3.74. The summed E-state index contributed by atoms with van der Waals surface area (Å²) < 4.78 is 60.8. The van der Waals surface area contributed by atoms with Crippen LogP contribution in [0.1, 0.15) is 0 Å². The van der Waals surface area contributed by atoms with E-state index in [-0.39, 0.29) is 0 Å². The number of nitrogens with zero attached hydrogens (tertiary/aromatic N) is 2. The second-order valence-corrected chi connectivity index (χ2v) is 18.6. The molecule has 0 saturated carbocycles. The second kappa shape index (κ2) is 8.99. The summed E-state index contributed by atoms with van der Waals surface area (Å²) in [6.07, 6.45) is 0. The van der Waals surface area contributed by atoms with Crippen LogP contribution in [0, 0.1) is 0 Å². The molecule has 0 bridgehead atoms. The summed E-state index contributed by atoms with van der Waals surface area (Å²) in [6, 6.07) is 42.5. The van der Waals surface area contributed by atoms with Crippen molar-refractivity contribution in [1.82, 2.24) is 0 Å². The summed E-state index contributed by atoms with van der Waals surface area (Å²) in [6.45, 7) is 0. The van der Waals surface area contributed by atoms with Crippen LogP contribution in [0.25, 0.3) is 0 Å². The summed E-state index contributed by atoms with van der Waals surface area (Å²) in [5.74, 6) is 3.69. The molecule has 0 amide bonds. The number of hydrogen-bond acceptors (Lipinski definition) is 8. The van der Waals surface area contributed by atoms with Crippen LogP contribution >= 0.6 is 14.3 Å². The van der Waals surface area contributed by atoms with Gasteiger partial charge in [-0.1, -0.05) is 60.7 Å². The molecule has 0 fully saturated rings. The average molecular weight is 713 g/mol. The Morgan fingerprint density at radius 1 is 0.346 bits per heavy atom. The van der Waals surface area contributed by atoms with Gasteiger partial charge in [0.15, 0.2) is 25.8 Å². The van der Waals surface area contributed by atoms with Gasteiger partial charge in [0.1, 0.15) is 56.5 Å². The quantitative estimate of drug-likeness (QED) is 0.165. The number of fused-ring (bicyclic) bond motifs is 2. The van der Waals surface area contributed by atoms with Crippen molar-refractivity contribution < 1.29 is 28.1 Å². The molecule has 2 atom stereocenters. The van der Waals surface area contributed by atoms with Gasteiger partial charge in [-0.25, -0.2) is 0 Å². The molecule has 6 aliphatic rings. The lowest BCUT2D eigenvalue weighted by molar-refractivity contribution is 0.453. The van der Waals surface area contributed by atoms with E-state index in [0.29, 0.717) is 101 Å². The molecule has 13 rings (SSSR count). The zero-order valence-corrected chi connectivity index (χ0v) is 28.7. The first kappa shape index (κ1) is 27.5. The van der Waals surface area contributed by atoms with Crippen molar-refractivity contribution in [2.24, 2.45) is 0 Å². The standard InChI is InChI=1S/C42H22N2O6P2/c45-51-37-25-15-7-17-27(37)47-29-19-10-22-32(39(29)51)50-36-34-42-35(33(41(36)51)43(25)23-11-3-1-4-12-23)49-31-21-9-20-30-40(31)52(42,46)38-26(16-8-18-28(38)48-30)44(34)24-13-5-2-6-14-24/h1-22H. The maximum atomic E-state index is 16.8. The van der Waals surface area contributed by atoms with Gasteiger partial charge in [0.25, 0.3) is 0 Å². The van der Waals surface area contributed by atoms with E-state index < -0.39 is 14.3 Å². The van der Waals surface area contributed by atoms with Gasteiger partial charge in [0.2, 0.25) is 0 Å². The number of rotatable bonds is 2. The van der Waals surface area contributed by atoms with Crippen LogP contribution in [0.15, 0.2) is 133 Å². The van der Waals surface area contributed by atoms with E-state index in [9.17, 15) is 0 Å². The highest BCUT2D eigenvalue weighted by Crippen LogP contribution is 2.73. The molecule has 0 radical (unpaired) electrons. The van der Waals surface area contributed by atoms with E-state index in [1.807, 2.05) is 133 Å². The molecule has 7 aromatic rings. The summed E-state index contributed by atoms with van der Waals surface area (Å²) in [5.41, 5.74) is 4.12. The Morgan fingerprint density at radius 3 is 1.10 bits per heavy atom. The highest BCUT2D eigenvalue weighted by molar-refractivity contribution is 7.88. The Bertz CT molecular complexity index is 2750. The van der Waals surface area contributed by atoms with Gasteiger partial charge in [-0.3, -0.25) is 0 Å². The molecule has 7 aromatic carbocycles. The Labute approximate surface area is 296 Å². The third-order valence-electron chi connectivity index (χ3n) is 10.9. The van der Waals surface area contributed by atoms with Crippen LogP contribution < -0.4 is 60.6 Å². The molecule has 246 valence electrons. The first-order valence-electron chi connectivity index (χ1n) is 17.0. The van der Waals surface area contributed by atoms with Gasteiger partial charge in [0.05, 0.1) is 32.6 Å². The van der Waals surface area contributed by atoms with Crippen molar-refractivity contribution in [3.05, 3.63) is 133 Å². The monoisotopic (exact) mass is 712 g/mol. The number of hydrogen-bond donors (Lipinski definition) is 0. The topological polar surface area (TPSA) is 77.5 Å². The molecular formula is C42H22N2O6P2. The summed E-state index contributed by atoms with van der Waals surface area (Å²) in [5, 5.41) is 3.23. The molecule has 0 aliphatic carbocycles. The minimum absolute atomic E-state index is 0.385. The van der Waals surface area contributed by atoms with Crippen LogP contribution in [-0.2, 0) is 9.13 Å². The van der Waals surface area contributed by atoms with Gasteiger partial charge in [0, 0.05) is 11.4 Å². The number of benzene rings is 7. The molecule has 2 unspecified atom stereocenters. The fraction of sp³-hybridized carbons (Fsp3) is 0. The van der Waals surface area contributed by atoms with Crippen molar-refractivity contribution in [2.45, 2.75) is 0 Å². The average Bonchev–Trinajstić information content (AvgIpc) is 3.16. The fourth-order valence-electron chi connectivity index (χ4n) is 9.04. The molecule has 8 nitrogen and oxygen atoms in total. The highest BCUT2D eigenvalue weighted by atomic mass is 31.2. The molecule has 0 spiro atoms. The van der Waals surface area contributed by atoms with E-state index in [4.69, 9.17) is 18.9 Å². The van der Waals surface area contributed by atoms with E-state index in [0.717, 1.165) is 11.4 Å². The third-order valence-corrected chi connectivity index (χ3v) is 17.3. The van der Waals surface area contributed by atoms with Gasteiger partial charge in [-0.15, -0.1) is 0 Å². The van der Waals surface area contributed by atoms with Crippen molar-refractivity contribution in [1.29, 1.82) is 0 Å². The lowest BCUT2D eigenvalue weighted by Gasteiger charge is -2.49. The summed E-state index contributed by atoms with van der Waals surface area (Å²) >= 11 is 0. The van der Waals surface area contributed by atoms with Gasteiger partial charge < -0.3 is 37.9 Å². The van der Waals surface area contributed by atoms with Gasteiger partial charge >= 0.3 is 0 Å². The van der Waals surface area contributed by atoms with E-state index >= 15 is 9.13 Å². The predicted molar refractivity (Wildman–Crippen MR) is 202 cm³/mol. The number of para-hydroxylation sites is 2. The van der Waals surface area contributed by atoms with Gasteiger partial charge in [-0.05, 0) is 72.8 Å². The number of anilines is 6. The molecular weight excluding hydrogens is 690 g/mol. The van der Waals surface area contributed by atoms with Crippen molar-refractivity contribution in [2.75, 3.05) is 9.80 Å². The molecule has 10 heteroatoms. The molecule has 6 heterocycles. The Balaban J connectivity index is 1.29. The lowest BCUT2D eigenvalue weighted by Crippen LogP contribution is -2.48. The summed E-state index contributed by atoms with van der Waals surface area (Å²) in [4.78, 5) is 4.15. The zero-order chi connectivity index (χ0) is 34.1. The van der Waals surface area contributed by atoms with Crippen LogP contribution in [0.2, 0.25) is 0 Å². The third kappa shape index (κ3) is 2.92. The van der Waals surface area contributed by atoms with Crippen LogP contribution in [0.3, 0.4) is 0 Å². The van der Waals surface area contributed by atoms with E-state index in [2.05, 4.69) is 9.80 Å². The van der Waals surface area contributed by atoms with Crippen molar-refractivity contribution in [3.63, 3.8) is 0 Å². The Kier molecular flexibility index (Phi) is 4.75. The second-order valence-electron chi connectivity index (χ2n) is 13.5. The maximum absolute atomic E-state index is 16.8. The normalized spacial score (nSPS) is 20.4. The van der Waals surface area contributed by atoms with Gasteiger partial charge in [-0.2, -0.15) is 0 Å². The van der Waals surface area contributed by atoms with E-state index in [1.54, 1.807) is 0 Å². The first-order valence-corrected chi connectivity index (χ1v) is 20.4. The maximum Gasteiger partial charge on any atom is 0.190 e. The van der Waals surface area contributed by atoms with Crippen molar-refractivity contribution >= 4 is 80.2 Å². The Hall–Kier alpha value is -6.20. The van der Waals surface area contributed by atoms with Crippen molar-refractivity contribution in [3.8, 4) is 46.0 Å². The molecule has 0 aromatic heterocycles. The highest BCUT2D eigenvalue weighted by Gasteiger charge is 2.61. The molecule has 52 heavy (non-hydrogen) atoms. The van der Waals surface area contributed by atoms with Crippen LogP contribution in [0.5, 0.6) is 46.0 Å². The fourth-order valence-corrected chi connectivity index (χ4v) is 15.8. The first-order chi connectivity index (χ1) is 25.6. The van der Waals surface area contributed by atoms with Crippen LogP contribution in [-0.4, -0.2) is 0 Å². The number of ether oxygens (including phenoxy) is 4. The van der Waals surface area contributed by atoms with E-state index in [1.165, 1.54) is 0 Å². The lowest BCUT2D eigenvalue weighted by atomic mass is 10.1. The van der Waals surface area contributed by atoms with Crippen LogP contribution in [0.4, 0.5) is 34.1 Å². The minimum Gasteiger partial charge on any atom is -0.456 e. The predicted octanol–water partition coefficient (Wildman–Crippen LogP) is 8.95. The molecule has 0 N–H and O–H groups in total. The summed E-state index contributed by atoms with van der Waals surface area (Å²) in [7, 11) is -7.49. The smallest absolute Gasteiger partial charge is 0.190 e. The Morgan fingerprint density at radius 2 is 0.692 bits per heavy atom. The SMILES string of the molecule is O=P12c3c4cccc3Oc3c5c6c(c(c31)N(c1ccccc1)c1cccc(c12)O4)Oc1cccc2c1P6(=O)c1c(cccc1N5c1ccccc1)O2. The largest absolute Gasteiger partial charge is 0.456 e. The molecule has 6 aliphatic heterocycles.